The Bertz CT molecular complexity index is 1410. The van der Waals surface area contributed by atoms with Gasteiger partial charge in [0, 0.05) is 48.8 Å². The van der Waals surface area contributed by atoms with Crippen molar-refractivity contribution in [1.82, 2.24) is 9.88 Å². The number of nitro benzene ring substituents is 1. The van der Waals surface area contributed by atoms with Crippen LogP contribution in [0.4, 0.5) is 10.8 Å². The number of hydrogen-bond donors (Lipinski definition) is 1. The van der Waals surface area contributed by atoms with Gasteiger partial charge in [-0.3, -0.25) is 19.7 Å². The number of thiazole rings is 1. The van der Waals surface area contributed by atoms with Crippen LogP contribution in [0.25, 0.3) is 11.3 Å². The zero-order chi connectivity index (χ0) is 26.4. The van der Waals surface area contributed by atoms with Crippen LogP contribution in [-0.4, -0.2) is 45.4 Å². The van der Waals surface area contributed by atoms with Gasteiger partial charge in [0.05, 0.1) is 10.6 Å². The maximum Gasteiger partial charge on any atom is 0.323 e. The SMILES string of the molecule is CN(CC(=O)O)C(=O)c1ccc(CN(Cc2ccccc2)c2nc(-c3cccc([N+](=O)[O-])c3)cs2)cc1. The molecule has 0 aliphatic rings. The number of carboxylic acid groups (broad SMARTS) is 1. The molecular formula is C27H24N4O5S. The fraction of sp³-hybridized carbons (Fsp3) is 0.148. The molecule has 1 N–H and O–H groups in total. The van der Waals surface area contributed by atoms with Crippen molar-refractivity contribution in [1.29, 1.82) is 0 Å². The highest BCUT2D eigenvalue weighted by atomic mass is 32.1. The van der Waals surface area contributed by atoms with Gasteiger partial charge in [-0.15, -0.1) is 11.3 Å². The van der Waals surface area contributed by atoms with Crippen LogP contribution in [0.15, 0.2) is 84.2 Å². The summed E-state index contributed by atoms with van der Waals surface area (Å²) < 4.78 is 0. The van der Waals surface area contributed by atoms with Crippen molar-refractivity contribution in [3.63, 3.8) is 0 Å². The van der Waals surface area contributed by atoms with E-state index < -0.39 is 10.9 Å². The summed E-state index contributed by atoms with van der Waals surface area (Å²) in [5.74, 6) is -1.44. The zero-order valence-corrected chi connectivity index (χ0v) is 20.8. The molecule has 0 spiro atoms. The Morgan fingerprint density at radius 1 is 0.973 bits per heavy atom. The standard InChI is InChI=1S/C27H24N4O5S/c1-29(17-25(32)33)26(34)21-12-10-20(11-13-21)16-30(15-19-6-3-2-4-7-19)27-28-24(18-37-27)22-8-5-9-23(14-22)31(35)36/h2-14,18H,15-17H2,1H3,(H,32,33). The van der Waals surface area contributed by atoms with Crippen molar-refractivity contribution >= 4 is 34.0 Å². The van der Waals surface area contributed by atoms with E-state index >= 15 is 0 Å². The van der Waals surface area contributed by atoms with Crippen molar-refractivity contribution in [2.24, 2.45) is 0 Å². The van der Waals surface area contributed by atoms with E-state index in [2.05, 4.69) is 4.90 Å². The van der Waals surface area contributed by atoms with Crippen LogP contribution in [0.1, 0.15) is 21.5 Å². The van der Waals surface area contributed by atoms with E-state index in [1.807, 2.05) is 47.8 Å². The van der Waals surface area contributed by atoms with Crippen molar-refractivity contribution < 1.29 is 19.6 Å². The number of likely N-dealkylation sites (N-methyl/N-ethyl adjacent to an activating group) is 1. The fourth-order valence-corrected chi connectivity index (χ4v) is 4.62. The molecule has 0 unspecified atom stereocenters. The Balaban J connectivity index is 1.57. The van der Waals surface area contributed by atoms with Gasteiger partial charge in [-0.1, -0.05) is 54.6 Å². The van der Waals surface area contributed by atoms with E-state index in [-0.39, 0.29) is 18.1 Å². The van der Waals surface area contributed by atoms with Gasteiger partial charge in [0.25, 0.3) is 11.6 Å². The lowest BCUT2D eigenvalue weighted by Crippen LogP contribution is -2.31. The van der Waals surface area contributed by atoms with Crippen LogP contribution >= 0.6 is 11.3 Å². The number of nitro groups is 1. The molecule has 4 aromatic rings. The van der Waals surface area contributed by atoms with Gasteiger partial charge in [-0.05, 0) is 23.3 Å². The van der Waals surface area contributed by atoms with Crippen LogP contribution < -0.4 is 4.90 Å². The molecule has 9 nitrogen and oxygen atoms in total. The predicted octanol–water partition coefficient (Wildman–Crippen LogP) is 5.08. The number of nitrogens with zero attached hydrogens (tertiary/aromatic N) is 4. The van der Waals surface area contributed by atoms with Gasteiger partial charge in [0.1, 0.15) is 6.54 Å². The number of carbonyl (C=O) groups is 2. The summed E-state index contributed by atoms with van der Waals surface area (Å²) in [7, 11) is 1.45. The number of aromatic nitrogens is 1. The van der Waals surface area contributed by atoms with E-state index in [0.29, 0.717) is 29.9 Å². The van der Waals surface area contributed by atoms with Crippen molar-refractivity contribution in [2.45, 2.75) is 13.1 Å². The Kier molecular flexibility index (Phi) is 7.89. The summed E-state index contributed by atoms with van der Waals surface area (Å²) in [6.07, 6.45) is 0. The number of benzene rings is 3. The van der Waals surface area contributed by atoms with Crippen LogP contribution in [0, 0.1) is 10.1 Å². The van der Waals surface area contributed by atoms with E-state index in [0.717, 1.165) is 21.2 Å². The minimum atomic E-state index is -1.07. The first-order chi connectivity index (χ1) is 17.8. The van der Waals surface area contributed by atoms with Gasteiger partial charge in [0.15, 0.2) is 5.13 Å². The molecule has 1 amide bonds. The van der Waals surface area contributed by atoms with Gasteiger partial charge >= 0.3 is 5.97 Å². The summed E-state index contributed by atoms with van der Waals surface area (Å²) in [6.45, 7) is 0.726. The second-order valence-corrected chi connectivity index (χ2v) is 9.25. The van der Waals surface area contributed by atoms with Crippen LogP contribution in [-0.2, 0) is 17.9 Å². The van der Waals surface area contributed by atoms with E-state index in [4.69, 9.17) is 10.1 Å². The third-order valence-electron chi connectivity index (χ3n) is 5.63. The molecule has 0 saturated carbocycles. The quantitative estimate of drug-likeness (QED) is 0.231. The Labute approximate surface area is 217 Å². The molecule has 37 heavy (non-hydrogen) atoms. The third kappa shape index (κ3) is 6.56. The first-order valence-electron chi connectivity index (χ1n) is 11.4. The monoisotopic (exact) mass is 516 g/mol. The minimum Gasteiger partial charge on any atom is -0.480 e. The highest BCUT2D eigenvalue weighted by molar-refractivity contribution is 7.14. The van der Waals surface area contributed by atoms with Crippen LogP contribution in [0.3, 0.4) is 0 Å². The lowest BCUT2D eigenvalue weighted by molar-refractivity contribution is -0.384. The molecule has 0 fully saturated rings. The molecule has 0 atom stereocenters. The molecule has 0 saturated heterocycles. The maximum atomic E-state index is 12.5. The molecule has 3 aromatic carbocycles. The smallest absolute Gasteiger partial charge is 0.323 e. The first kappa shape index (κ1) is 25.5. The number of carbonyl (C=O) groups excluding carboxylic acids is 1. The first-order valence-corrected chi connectivity index (χ1v) is 12.2. The number of non-ortho nitro benzene ring substituents is 1. The number of anilines is 1. The van der Waals surface area contributed by atoms with Crippen molar-refractivity contribution in [2.75, 3.05) is 18.5 Å². The molecule has 0 aliphatic heterocycles. The van der Waals surface area contributed by atoms with Gasteiger partial charge in [-0.2, -0.15) is 0 Å². The second kappa shape index (κ2) is 11.4. The average Bonchev–Trinajstić information content (AvgIpc) is 3.39. The van der Waals surface area contributed by atoms with Gasteiger partial charge < -0.3 is 14.9 Å². The maximum absolute atomic E-state index is 12.5. The minimum absolute atomic E-state index is 0.0110. The average molecular weight is 517 g/mol. The molecule has 1 aromatic heterocycles. The van der Waals surface area contributed by atoms with Crippen molar-refractivity contribution in [3.05, 3.63) is 111 Å². The largest absolute Gasteiger partial charge is 0.480 e. The fourth-order valence-electron chi connectivity index (χ4n) is 3.78. The highest BCUT2D eigenvalue weighted by Crippen LogP contribution is 2.31. The molecule has 188 valence electrons. The van der Waals surface area contributed by atoms with E-state index in [1.165, 1.54) is 30.5 Å². The Morgan fingerprint density at radius 2 is 1.65 bits per heavy atom. The van der Waals surface area contributed by atoms with Crippen molar-refractivity contribution in [3.8, 4) is 11.3 Å². The molecule has 1 heterocycles. The number of rotatable bonds is 10. The summed E-state index contributed by atoms with van der Waals surface area (Å²) in [5.41, 5.74) is 3.78. The molecular weight excluding hydrogens is 492 g/mol. The normalized spacial score (nSPS) is 10.6. The summed E-state index contributed by atoms with van der Waals surface area (Å²) in [6, 6.07) is 23.4. The third-order valence-corrected chi connectivity index (χ3v) is 6.53. The number of aliphatic carboxylic acids is 1. The molecule has 4 rings (SSSR count). The van der Waals surface area contributed by atoms with Gasteiger partial charge in [0.2, 0.25) is 0 Å². The Morgan fingerprint density at radius 3 is 2.30 bits per heavy atom. The van der Waals surface area contributed by atoms with E-state index in [1.54, 1.807) is 24.3 Å². The number of hydrogen-bond acceptors (Lipinski definition) is 7. The van der Waals surface area contributed by atoms with Crippen LogP contribution in [0.5, 0.6) is 0 Å². The molecule has 0 radical (unpaired) electrons. The number of carboxylic acids is 1. The lowest BCUT2D eigenvalue weighted by Gasteiger charge is -2.22. The number of amides is 1. The zero-order valence-electron chi connectivity index (χ0n) is 20.0. The molecule has 0 bridgehead atoms. The summed E-state index contributed by atoms with van der Waals surface area (Å²) >= 11 is 1.45. The van der Waals surface area contributed by atoms with E-state index in [9.17, 15) is 19.7 Å². The van der Waals surface area contributed by atoms with Crippen LogP contribution in [0.2, 0.25) is 0 Å². The predicted molar refractivity (Wildman–Crippen MR) is 142 cm³/mol. The Hall–Kier alpha value is -4.57. The van der Waals surface area contributed by atoms with Gasteiger partial charge in [-0.25, -0.2) is 4.98 Å². The molecule has 10 heteroatoms. The summed E-state index contributed by atoms with van der Waals surface area (Å²) in [4.78, 5) is 42.2. The second-order valence-electron chi connectivity index (χ2n) is 8.42. The summed E-state index contributed by atoms with van der Waals surface area (Å²) in [5, 5.41) is 22.8. The highest BCUT2D eigenvalue weighted by Gasteiger charge is 2.17. The molecule has 0 aliphatic carbocycles. The topological polar surface area (TPSA) is 117 Å². The lowest BCUT2D eigenvalue weighted by atomic mass is 10.1.